The lowest BCUT2D eigenvalue weighted by Gasteiger charge is -2.16. The summed E-state index contributed by atoms with van der Waals surface area (Å²) in [6.07, 6.45) is 4.46. The molecule has 4 rings (SSSR count). The number of carbonyl (C=O) groups is 1. The largest absolute Gasteiger partial charge is 0.493 e. The number of methoxy groups -OCH3 is 2. The Morgan fingerprint density at radius 3 is 2.71 bits per heavy atom. The Bertz CT molecular complexity index is 802. The highest BCUT2D eigenvalue weighted by Gasteiger charge is 2.35. The van der Waals surface area contributed by atoms with Crippen LogP contribution in [0.1, 0.15) is 18.5 Å². The number of fused-ring (bicyclic) bond motifs is 1. The highest BCUT2D eigenvalue weighted by molar-refractivity contribution is 5.99. The highest BCUT2D eigenvalue weighted by Crippen LogP contribution is 2.36. The molecule has 1 aliphatic heterocycles. The van der Waals surface area contributed by atoms with Gasteiger partial charge in [-0.1, -0.05) is 0 Å². The van der Waals surface area contributed by atoms with E-state index in [2.05, 4.69) is 4.98 Å². The predicted octanol–water partition coefficient (Wildman–Crippen LogP) is 2.46. The number of hydrogen-bond donors (Lipinski definition) is 0. The quantitative estimate of drug-likeness (QED) is 0.845. The van der Waals surface area contributed by atoms with Gasteiger partial charge in [0.25, 0.3) is 0 Å². The first-order valence-electron chi connectivity index (χ1n) is 8.08. The van der Waals surface area contributed by atoms with Crippen LogP contribution in [0.15, 0.2) is 24.4 Å². The summed E-state index contributed by atoms with van der Waals surface area (Å²) >= 11 is 0. The van der Waals surface area contributed by atoms with Gasteiger partial charge in [-0.2, -0.15) is 0 Å². The molecule has 6 heteroatoms. The van der Waals surface area contributed by atoms with Crippen LogP contribution >= 0.6 is 0 Å². The molecule has 6 nitrogen and oxygen atoms in total. The number of anilines is 1. The van der Waals surface area contributed by atoms with Crippen LogP contribution in [0.5, 0.6) is 11.5 Å². The van der Waals surface area contributed by atoms with Crippen molar-refractivity contribution in [2.45, 2.75) is 19.3 Å². The van der Waals surface area contributed by atoms with Crippen LogP contribution in [0.25, 0.3) is 11.3 Å². The van der Waals surface area contributed by atoms with Gasteiger partial charge in [0.2, 0.25) is 5.91 Å². The van der Waals surface area contributed by atoms with Gasteiger partial charge < -0.3 is 9.47 Å². The summed E-state index contributed by atoms with van der Waals surface area (Å²) in [7, 11) is 3.21. The van der Waals surface area contributed by atoms with Crippen molar-refractivity contribution < 1.29 is 14.3 Å². The Balaban J connectivity index is 1.70. The van der Waals surface area contributed by atoms with Crippen molar-refractivity contribution in [3.05, 3.63) is 30.1 Å². The Hall–Kier alpha value is -2.63. The summed E-state index contributed by atoms with van der Waals surface area (Å²) in [5, 5.41) is 0. The fourth-order valence-electron chi connectivity index (χ4n) is 2.98. The molecule has 124 valence electrons. The minimum atomic E-state index is 0.0985. The minimum absolute atomic E-state index is 0.0985. The zero-order chi connectivity index (χ0) is 16.7. The van der Waals surface area contributed by atoms with Gasteiger partial charge in [0.15, 0.2) is 17.3 Å². The van der Waals surface area contributed by atoms with Crippen molar-refractivity contribution >= 4 is 11.7 Å². The zero-order valence-corrected chi connectivity index (χ0v) is 13.8. The number of ether oxygens (including phenoxy) is 2. The molecule has 1 aromatic carbocycles. The second kappa shape index (κ2) is 5.78. The number of hydrogen-bond acceptors (Lipinski definition) is 5. The van der Waals surface area contributed by atoms with Gasteiger partial charge in [-0.05, 0) is 37.0 Å². The van der Waals surface area contributed by atoms with Crippen molar-refractivity contribution in [3.8, 4) is 22.8 Å². The number of carbonyl (C=O) groups excluding carboxylic acids is 1. The van der Waals surface area contributed by atoms with Crippen molar-refractivity contribution in [1.82, 2.24) is 9.97 Å². The summed E-state index contributed by atoms with van der Waals surface area (Å²) in [4.78, 5) is 23.2. The molecule has 0 saturated heterocycles. The van der Waals surface area contributed by atoms with Gasteiger partial charge in [0, 0.05) is 12.1 Å². The maximum atomic E-state index is 12.2. The second-order valence-electron chi connectivity index (χ2n) is 6.22. The number of aromatic nitrogens is 2. The maximum absolute atomic E-state index is 12.2. The molecule has 2 heterocycles. The lowest BCUT2D eigenvalue weighted by Crippen LogP contribution is -2.29. The molecule has 1 saturated carbocycles. The molecular formula is C18H19N3O3. The number of nitrogens with zero attached hydrogens (tertiary/aromatic N) is 3. The van der Waals surface area contributed by atoms with E-state index in [-0.39, 0.29) is 5.91 Å². The van der Waals surface area contributed by atoms with Gasteiger partial charge in [0.05, 0.1) is 38.2 Å². The summed E-state index contributed by atoms with van der Waals surface area (Å²) in [6.45, 7) is 0.760. The van der Waals surface area contributed by atoms with E-state index < -0.39 is 0 Å². The van der Waals surface area contributed by atoms with E-state index in [1.807, 2.05) is 18.2 Å². The van der Waals surface area contributed by atoms with E-state index >= 15 is 0 Å². The van der Waals surface area contributed by atoms with E-state index in [9.17, 15) is 4.79 Å². The molecule has 0 N–H and O–H groups in total. The molecule has 0 atom stereocenters. The number of amides is 1. The standard InChI is InChI=1S/C18H19N3O3/c1-23-15-6-5-12(7-16(15)24-2)14-9-19-13-8-17(22)21(18(13)20-14)10-11-3-4-11/h5-7,9,11H,3-4,8,10H2,1-2H3. The van der Waals surface area contributed by atoms with Crippen molar-refractivity contribution in [2.24, 2.45) is 5.92 Å². The van der Waals surface area contributed by atoms with Crippen LogP contribution in [0.3, 0.4) is 0 Å². The normalized spacial score (nSPS) is 16.2. The van der Waals surface area contributed by atoms with Crippen molar-refractivity contribution in [2.75, 3.05) is 25.7 Å². The van der Waals surface area contributed by atoms with E-state index in [0.29, 0.717) is 29.7 Å². The molecule has 0 radical (unpaired) electrons. The molecule has 0 unspecified atom stereocenters. The Labute approximate surface area is 140 Å². The molecule has 1 amide bonds. The van der Waals surface area contributed by atoms with Crippen LogP contribution in [0, 0.1) is 5.92 Å². The molecule has 0 bridgehead atoms. The van der Waals surface area contributed by atoms with Crippen LogP contribution in [0.4, 0.5) is 5.82 Å². The minimum Gasteiger partial charge on any atom is -0.493 e. The Morgan fingerprint density at radius 2 is 2.00 bits per heavy atom. The molecule has 2 aromatic rings. The average Bonchev–Trinajstić information content (AvgIpc) is 3.38. The third kappa shape index (κ3) is 2.58. The summed E-state index contributed by atoms with van der Waals surface area (Å²) in [6, 6.07) is 5.63. The third-order valence-electron chi connectivity index (χ3n) is 4.52. The SMILES string of the molecule is COc1ccc(-c2cnc3c(n2)N(CC2CC2)C(=O)C3)cc1OC. The summed E-state index contributed by atoms with van der Waals surface area (Å²) in [5.74, 6) is 2.73. The van der Waals surface area contributed by atoms with Crippen LogP contribution in [0.2, 0.25) is 0 Å². The van der Waals surface area contributed by atoms with Crippen molar-refractivity contribution in [3.63, 3.8) is 0 Å². The van der Waals surface area contributed by atoms with E-state index in [4.69, 9.17) is 14.5 Å². The number of benzene rings is 1. The predicted molar refractivity (Wildman–Crippen MR) is 89.4 cm³/mol. The first-order valence-corrected chi connectivity index (χ1v) is 8.08. The molecule has 1 fully saturated rings. The first kappa shape index (κ1) is 14.9. The second-order valence-corrected chi connectivity index (χ2v) is 6.22. The topological polar surface area (TPSA) is 64.6 Å². The Morgan fingerprint density at radius 1 is 1.21 bits per heavy atom. The molecule has 1 aliphatic carbocycles. The maximum Gasteiger partial charge on any atom is 0.234 e. The lowest BCUT2D eigenvalue weighted by atomic mass is 10.1. The Kier molecular flexibility index (Phi) is 3.59. The molecule has 0 spiro atoms. The average molecular weight is 325 g/mol. The van der Waals surface area contributed by atoms with Crippen molar-refractivity contribution in [1.29, 1.82) is 0 Å². The first-order chi connectivity index (χ1) is 11.7. The molecule has 24 heavy (non-hydrogen) atoms. The van der Waals surface area contributed by atoms with Gasteiger partial charge in [0.1, 0.15) is 0 Å². The fraction of sp³-hybridized carbons (Fsp3) is 0.389. The molecule has 1 aromatic heterocycles. The van der Waals surface area contributed by atoms with Crippen LogP contribution in [-0.4, -0.2) is 36.6 Å². The number of rotatable bonds is 5. The summed E-state index contributed by atoms with van der Waals surface area (Å²) < 4.78 is 10.6. The van der Waals surface area contributed by atoms with Crippen LogP contribution in [-0.2, 0) is 11.2 Å². The van der Waals surface area contributed by atoms with Crippen LogP contribution < -0.4 is 14.4 Å². The van der Waals surface area contributed by atoms with E-state index in [1.54, 1.807) is 25.3 Å². The highest BCUT2D eigenvalue weighted by atomic mass is 16.5. The van der Waals surface area contributed by atoms with Gasteiger partial charge in [-0.3, -0.25) is 14.7 Å². The van der Waals surface area contributed by atoms with Gasteiger partial charge >= 0.3 is 0 Å². The summed E-state index contributed by atoms with van der Waals surface area (Å²) in [5.41, 5.74) is 2.38. The third-order valence-corrected chi connectivity index (χ3v) is 4.52. The monoisotopic (exact) mass is 325 g/mol. The molecule has 2 aliphatic rings. The van der Waals surface area contributed by atoms with E-state index in [1.165, 1.54) is 12.8 Å². The smallest absolute Gasteiger partial charge is 0.234 e. The zero-order valence-electron chi connectivity index (χ0n) is 13.8. The molecular weight excluding hydrogens is 306 g/mol. The van der Waals surface area contributed by atoms with Gasteiger partial charge in [-0.15, -0.1) is 0 Å². The fourth-order valence-corrected chi connectivity index (χ4v) is 2.98. The van der Waals surface area contributed by atoms with Gasteiger partial charge in [-0.25, -0.2) is 4.98 Å². The lowest BCUT2D eigenvalue weighted by molar-refractivity contribution is -0.117. The van der Waals surface area contributed by atoms with E-state index in [0.717, 1.165) is 23.5 Å².